The van der Waals surface area contributed by atoms with Gasteiger partial charge in [0.2, 0.25) is 11.8 Å². The Labute approximate surface area is 228 Å². The highest BCUT2D eigenvalue weighted by Crippen LogP contribution is 2.37. The van der Waals surface area contributed by atoms with Crippen molar-refractivity contribution in [3.05, 3.63) is 77.6 Å². The molecule has 0 radical (unpaired) electrons. The van der Waals surface area contributed by atoms with E-state index in [-0.39, 0.29) is 24.8 Å². The van der Waals surface area contributed by atoms with Crippen LogP contribution in [0.25, 0.3) is 0 Å². The molecule has 1 aliphatic heterocycles. The Morgan fingerprint density at radius 3 is 2.71 bits per heavy atom. The zero-order valence-corrected chi connectivity index (χ0v) is 23.5. The number of hydrazone groups is 1. The number of carbonyl (C=O) groups is 2. The van der Waals surface area contributed by atoms with Crippen molar-refractivity contribution in [2.24, 2.45) is 16.3 Å². The molecule has 8 nitrogen and oxygen atoms in total. The molecule has 8 heteroatoms. The summed E-state index contributed by atoms with van der Waals surface area (Å²) in [5.41, 5.74) is 9.09. The van der Waals surface area contributed by atoms with Crippen LogP contribution in [0.1, 0.15) is 65.9 Å². The van der Waals surface area contributed by atoms with Crippen molar-refractivity contribution in [2.75, 3.05) is 18.4 Å². The van der Waals surface area contributed by atoms with E-state index in [1.54, 1.807) is 13.1 Å². The molecule has 2 aliphatic rings. The van der Waals surface area contributed by atoms with Gasteiger partial charge in [0.15, 0.2) is 0 Å². The summed E-state index contributed by atoms with van der Waals surface area (Å²) >= 11 is 0. The zero-order valence-electron chi connectivity index (χ0n) is 23.5. The molecule has 1 aromatic rings. The zero-order chi connectivity index (χ0) is 28.4. The minimum atomic E-state index is -0.844. The van der Waals surface area contributed by atoms with E-state index < -0.39 is 5.41 Å². The summed E-state index contributed by atoms with van der Waals surface area (Å²) in [7, 11) is 0. The molecular weight excluding hydrogens is 478 g/mol. The first-order valence-electron chi connectivity index (χ1n) is 13.6. The first-order chi connectivity index (χ1) is 18.5. The highest BCUT2D eigenvalue weighted by molar-refractivity contribution is 5.99. The number of carbonyl (C=O) groups excluding carboxylic acids is 2. The maximum Gasteiger partial charge on any atom is 0.239 e. The molecule has 0 aromatic heterocycles. The molecule has 0 saturated carbocycles. The highest BCUT2D eigenvalue weighted by atomic mass is 16.5. The van der Waals surface area contributed by atoms with Crippen molar-refractivity contribution in [1.29, 1.82) is 0 Å². The molecule has 0 fully saturated rings. The van der Waals surface area contributed by atoms with Crippen molar-refractivity contribution in [2.45, 2.75) is 66.7 Å². The number of hydrogen-bond acceptors (Lipinski definition) is 6. The summed E-state index contributed by atoms with van der Waals surface area (Å²) in [6.45, 7) is 10.3. The van der Waals surface area contributed by atoms with Crippen molar-refractivity contribution in [1.82, 2.24) is 10.5 Å². The van der Waals surface area contributed by atoms with Crippen LogP contribution in [-0.2, 0) is 16.0 Å². The summed E-state index contributed by atoms with van der Waals surface area (Å²) in [5.74, 6) is -0.334. The lowest BCUT2D eigenvalue weighted by molar-refractivity contribution is -0.125. The Kier molecular flexibility index (Phi) is 15.3. The predicted octanol–water partition coefficient (Wildman–Crippen LogP) is 5.49. The lowest BCUT2D eigenvalue weighted by Crippen LogP contribution is -2.44. The molecule has 1 heterocycles. The van der Waals surface area contributed by atoms with Gasteiger partial charge in [0.25, 0.3) is 0 Å². The Balaban J connectivity index is 0.00000172. The molecule has 3 rings (SSSR count). The normalized spacial score (nSPS) is 21.5. The molecule has 0 saturated heterocycles. The molecular formula is C30H45N5O3. The standard InChI is InChI=1S/C26H33N5O3.2C2H6/c1-2-31(34)29-16-13-24(32)30-23-11-5-7-21(18-23)17-20-8-6-15-28-25(33)26(19-27,14-12-20)22-9-3-4-10-22;2*1-2/h5-9,11-12,14-16,18,34H,2-4,10,13,17,19,27H2,1H3,(H,28,33)(H,30,32);2*1-2H3/b14-12+,15-6+,20-8+,29-16-;;. The van der Waals surface area contributed by atoms with Gasteiger partial charge < -0.3 is 16.4 Å². The number of benzene rings is 1. The van der Waals surface area contributed by atoms with Crippen molar-refractivity contribution in [3.63, 3.8) is 0 Å². The fourth-order valence-electron chi connectivity index (χ4n) is 4.05. The van der Waals surface area contributed by atoms with Gasteiger partial charge in [-0.3, -0.25) is 14.8 Å². The van der Waals surface area contributed by atoms with Gasteiger partial charge in [-0.25, -0.2) is 0 Å². The van der Waals surface area contributed by atoms with Crippen molar-refractivity contribution >= 4 is 23.7 Å². The van der Waals surface area contributed by atoms with E-state index in [0.717, 1.165) is 41.1 Å². The van der Waals surface area contributed by atoms with Crippen LogP contribution >= 0.6 is 0 Å². The number of nitrogens with zero attached hydrogens (tertiary/aromatic N) is 2. The average Bonchev–Trinajstić information content (AvgIpc) is 3.50. The van der Waals surface area contributed by atoms with Crippen LogP contribution in [0.3, 0.4) is 0 Å². The molecule has 1 atom stereocenters. The molecule has 1 aromatic carbocycles. The topological polar surface area (TPSA) is 120 Å². The lowest BCUT2D eigenvalue weighted by Gasteiger charge is -2.29. The van der Waals surface area contributed by atoms with Crippen LogP contribution in [0.2, 0.25) is 0 Å². The van der Waals surface area contributed by atoms with Crippen LogP contribution in [0.15, 0.2) is 77.1 Å². The largest absolute Gasteiger partial charge is 0.332 e. The number of amides is 2. The van der Waals surface area contributed by atoms with Crippen LogP contribution < -0.4 is 16.4 Å². The molecule has 0 spiro atoms. The van der Waals surface area contributed by atoms with E-state index in [9.17, 15) is 14.8 Å². The fourth-order valence-corrected chi connectivity index (χ4v) is 4.05. The number of allylic oxidation sites excluding steroid dienone is 5. The molecule has 0 bridgehead atoms. The highest BCUT2D eigenvalue weighted by Gasteiger charge is 2.38. The van der Waals surface area contributed by atoms with Crippen LogP contribution in [0.5, 0.6) is 0 Å². The number of nitrogens with one attached hydrogen (secondary N) is 2. The number of anilines is 1. The van der Waals surface area contributed by atoms with Gasteiger partial charge in [-0.2, -0.15) is 10.3 Å². The quantitative estimate of drug-likeness (QED) is 0.194. The summed E-state index contributed by atoms with van der Waals surface area (Å²) in [6, 6.07) is 7.62. The van der Waals surface area contributed by atoms with Gasteiger partial charge in [0, 0.05) is 24.6 Å². The summed E-state index contributed by atoms with van der Waals surface area (Å²) in [5, 5.41) is 19.5. The minimum Gasteiger partial charge on any atom is -0.332 e. The third kappa shape index (κ3) is 9.76. The smallest absolute Gasteiger partial charge is 0.239 e. The summed E-state index contributed by atoms with van der Waals surface area (Å²) in [6.07, 6.45) is 16.4. The first-order valence-corrected chi connectivity index (χ1v) is 13.6. The Morgan fingerprint density at radius 1 is 1.29 bits per heavy atom. The van der Waals surface area contributed by atoms with Crippen molar-refractivity contribution in [3.8, 4) is 0 Å². The van der Waals surface area contributed by atoms with E-state index in [4.69, 9.17) is 5.73 Å². The van der Waals surface area contributed by atoms with Gasteiger partial charge in [-0.05, 0) is 62.0 Å². The van der Waals surface area contributed by atoms with E-state index in [2.05, 4.69) is 21.8 Å². The van der Waals surface area contributed by atoms with E-state index in [1.165, 1.54) is 6.21 Å². The second-order valence-corrected chi connectivity index (χ2v) is 8.32. The van der Waals surface area contributed by atoms with Gasteiger partial charge >= 0.3 is 0 Å². The van der Waals surface area contributed by atoms with Gasteiger partial charge in [-0.15, -0.1) is 0 Å². The molecule has 38 heavy (non-hydrogen) atoms. The molecule has 5 N–H and O–H groups in total. The summed E-state index contributed by atoms with van der Waals surface area (Å²) < 4.78 is 0. The Hall–Kier alpha value is -3.49. The molecule has 1 unspecified atom stereocenters. The number of hydrogen-bond donors (Lipinski definition) is 4. The fraction of sp³-hybridized carbons (Fsp3) is 0.433. The SMILES string of the molecule is CC.CC.CCN(O)/N=C\CC(=O)Nc1cccc(CC2=C/C=C/NC(=O)C(CN)(C3=CCCC3)\C=C\2)c1. The third-order valence-corrected chi connectivity index (χ3v) is 5.94. The van der Waals surface area contributed by atoms with Crippen molar-refractivity contribution < 1.29 is 14.8 Å². The maximum atomic E-state index is 13.0. The molecule has 208 valence electrons. The Morgan fingerprint density at radius 2 is 2.05 bits per heavy atom. The lowest BCUT2D eigenvalue weighted by atomic mass is 9.77. The second-order valence-electron chi connectivity index (χ2n) is 8.32. The summed E-state index contributed by atoms with van der Waals surface area (Å²) in [4.78, 5) is 25.2. The number of rotatable bonds is 9. The first kappa shape index (κ1) is 32.5. The van der Waals surface area contributed by atoms with Crippen LogP contribution in [0.4, 0.5) is 5.69 Å². The van der Waals surface area contributed by atoms with Crippen LogP contribution in [0, 0.1) is 5.41 Å². The van der Waals surface area contributed by atoms with Gasteiger partial charge in [0.1, 0.15) is 5.41 Å². The predicted molar refractivity (Wildman–Crippen MR) is 157 cm³/mol. The monoisotopic (exact) mass is 523 g/mol. The van der Waals surface area contributed by atoms with E-state index in [1.807, 2.05) is 76.3 Å². The second kappa shape index (κ2) is 17.9. The Bertz CT molecular complexity index is 1040. The maximum absolute atomic E-state index is 13.0. The van der Waals surface area contributed by atoms with Gasteiger partial charge in [0.05, 0.1) is 13.0 Å². The van der Waals surface area contributed by atoms with E-state index >= 15 is 0 Å². The van der Waals surface area contributed by atoms with Crippen LogP contribution in [-0.4, -0.2) is 41.5 Å². The average molecular weight is 524 g/mol. The van der Waals surface area contributed by atoms with Gasteiger partial charge in [-0.1, -0.05) is 69.7 Å². The number of nitrogens with two attached hydrogens (primary N) is 1. The number of hydroxylamine groups is 1. The third-order valence-electron chi connectivity index (χ3n) is 5.94. The molecule has 2 amide bonds. The molecule has 1 aliphatic carbocycles. The minimum absolute atomic E-state index is 0.0536. The van der Waals surface area contributed by atoms with E-state index in [0.29, 0.717) is 18.7 Å².